The molecule has 0 unspecified atom stereocenters. The maximum Gasteiger partial charge on any atom is 0.411 e. The molecule has 2 rings (SSSR count). The number of likely N-dealkylation sites (tertiary alicyclic amines) is 1. The number of nitrogens with one attached hydrogen (secondary N) is 1. The molecule has 5 nitrogen and oxygen atoms in total. The number of quaternary nitrogens is 1. The third-order valence-corrected chi connectivity index (χ3v) is 6.93. The molecule has 0 atom stereocenters. The summed E-state index contributed by atoms with van der Waals surface area (Å²) in [5.74, 6) is 0.712. The van der Waals surface area contributed by atoms with Crippen molar-refractivity contribution >= 4 is 11.8 Å². The van der Waals surface area contributed by atoms with Crippen molar-refractivity contribution in [3.8, 4) is 5.75 Å². The van der Waals surface area contributed by atoms with Crippen LogP contribution in [0.15, 0.2) is 24.3 Å². The van der Waals surface area contributed by atoms with E-state index in [9.17, 15) is 4.79 Å². The Morgan fingerprint density at radius 1 is 0.818 bits per heavy atom. The number of rotatable bonds is 17. The van der Waals surface area contributed by atoms with E-state index in [0.717, 1.165) is 30.3 Å². The number of piperidine rings is 1. The Kier molecular flexibility index (Phi) is 14.0. The summed E-state index contributed by atoms with van der Waals surface area (Å²) in [4.78, 5) is 12.5. The Balaban J connectivity index is 1.74. The van der Waals surface area contributed by atoms with Gasteiger partial charge in [0.25, 0.3) is 0 Å². The van der Waals surface area contributed by atoms with Gasteiger partial charge in [-0.15, -0.1) is 0 Å². The third kappa shape index (κ3) is 11.3. The number of benzene rings is 1. The topological polar surface area (TPSA) is 47.6 Å². The van der Waals surface area contributed by atoms with Crippen LogP contribution in [0.25, 0.3) is 0 Å². The molecule has 0 aromatic heterocycles. The fourth-order valence-electron chi connectivity index (χ4n) is 4.85. The van der Waals surface area contributed by atoms with E-state index in [1.54, 1.807) is 0 Å². The molecule has 1 fully saturated rings. The lowest BCUT2D eigenvalue weighted by atomic mass is 10.0. The van der Waals surface area contributed by atoms with Crippen LogP contribution in [0, 0.1) is 0 Å². The van der Waals surface area contributed by atoms with Gasteiger partial charge < -0.3 is 14.0 Å². The van der Waals surface area contributed by atoms with E-state index in [4.69, 9.17) is 9.47 Å². The molecule has 1 N–H and O–H groups in total. The van der Waals surface area contributed by atoms with Crippen LogP contribution < -0.4 is 10.1 Å². The predicted octanol–water partition coefficient (Wildman–Crippen LogP) is 7.56. The molecule has 1 aliphatic heterocycles. The van der Waals surface area contributed by atoms with Gasteiger partial charge in [0, 0.05) is 0 Å². The molecule has 1 heterocycles. The second-order valence-corrected chi connectivity index (χ2v) is 9.73. The summed E-state index contributed by atoms with van der Waals surface area (Å²) in [6, 6.07) is 7.61. The largest absolute Gasteiger partial charge is 0.491 e. The highest BCUT2D eigenvalue weighted by Crippen LogP contribution is 2.25. The van der Waals surface area contributed by atoms with E-state index in [1.807, 2.05) is 24.3 Å². The summed E-state index contributed by atoms with van der Waals surface area (Å²) in [6.45, 7) is 10.2. The highest BCUT2D eigenvalue weighted by atomic mass is 16.5. The van der Waals surface area contributed by atoms with Crippen molar-refractivity contribution < 1.29 is 18.8 Å². The van der Waals surface area contributed by atoms with Gasteiger partial charge in [0.1, 0.15) is 18.9 Å². The van der Waals surface area contributed by atoms with E-state index in [0.29, 0.717) is 24.7 Å². The first-order chi connectivity index (χ1) is 16.2. The summed E-state index contributed by atoms with van der Waals surface area (Å²) in [5, 5.41) is 2.89. The van der Waals surface area contributed by atoms with Gasteiger partial charge in [-0.2, -0.15) is 0 Å². The quantitative estimate of drug-likeness (QED) is 0.192. The van der Waals surface area contributed by atoms with E-state index in [-0.39, 0.29) is 6.09 Å². The fourth-order valence-corrected chi connectivity index (χ4v) is 4.85. The average Bonchev–Trinajstić information content (AvgIpc) is 2.83. The molecule has 1 amide bonds. The summed E-state index contributed by atoms with van der Waals surface area (Å²) in [5.41, 5.74) is 0.684. The zero-order valence-electron chi connectivity index (χ0n) is 21.4. The van der Waals surface area contributed by atoms with Gasteiger partial charge in [-0.3, -0.25) is 5.32 Å². The standard InChI is InChI=1S/C28H48N2O3/c1-3-5-7-8-9-10-14-20-30(21-15-11-16-22-30)23-25-33-28(31)29-26-18-12-13-19-27(26)32-24-17-6-4-2/h12-13,18-19H,3-11,14-17,20-25H2,1-2H3/p+1. The first kappa shape index (κ1) is 27.5. The normalized spacial score (nSPS) is 15.2. The second kappa shape index (κ2) is 16.8. The van der Waals surface area contributed by atoms with Crippen LogP contribution in [0.1, 0.15) is 97.3 Å². The molecule has 1 saturated heterocycles. The zero-order valence-corrected chi connectivity index (χ0v) is 21.4. The summed E-state index contributed by atoms with van der Waals surface area (Å²) >= 11 is 0. The number of unbranched alkanes of at least 4 members (excludes halogenated alkanes) is 8. The molecule has 5 heteroatoms. The van der Waals surface area contributed by atoms with Gasteiger partial charge in [-0.05, 0) is 50.7 Å². The number of ether oxygens (including phenoxy) is 2. The summed E-state index contributed by atoms with van der Waals surface area (Å²) in [7, 11) is 0. The minimum Gasteiger partial charge on any atom is -0.491 e. The lowest BCUT2D eigenvalue weighted by Crippen LogP contribution is -2.54. The van der Waals surface area contributed by atoms with Crippen LogP contribution in [-0.4, -0.2) is 50.0 Å². The van der Waals surface area contributed by atoms with Gasteiger partial charge in [-0.1, -0.05) is 70.9 Å². The maximum absolute atomic E-state index is 12.5. The van der Waals surface area contributed by atoms with Crippen LogP contribution >= 0.6 is 0 Å². The summed E-state index contributed by atoms with van der Waals surface area (Å²) in [6.07, 6.45) is 16.3. The van der Waals surface area contributed by atoms with Gasteiger partial charge in [0.15, 0.2) is 0 Å². The van der Waals surface area contributed by atoms with Crippen LogP contribution in [0.4, 0.5) is 10.5 Å². The fraction of sp³-hybridized carbons (Fsp3) is 0.750. The number of carbonyl (C=O) groups excluding carboxylic acids is 1. The summed E-state index contributed by atoms with van der Waals surface area (Å²) < 4.78 is 12.6. The van der Waals surface area contributed by atoms with Gasteiger partial charge in [-0.25, -0.2) is 4.79 Å². The van der Waals surface area contributed by atoms with Crippen LogP contribution in [-0.2, 0) is 4.74 Å². The smallest absolute Gasteiger partial charge is 0.411 e. The monoisotopic (exact) mass is 461 g/mol. The third-order valence-electron chi connectivity index (χ3n) is 6.93. The number of amides is 1. The van der Waals surface area contributed by atoms with Crippen molar-refractivity contribution in [1.82, 2.24) is 0 Å². The zero-order chi connectivity index (χ0) is 23.6. The van der Waals surface area contributed by atoms with E-state index >= 15 is 0 Å². The van der Waals surface area contributed by atoms with Gasteiger partial charge in [0.05, 0.1) is 31.9 Å². The molecular weight excluding hydrogens is 412 g/mol. The van der Waals surface area contributed by atoms with Crippen molar-refractivity contribution in [2.45, 2.75) is 97.3 Å². The first-order valence-corrected chi connectivity index (χ1v) is 13.7. The molecule has 0 spiro atoms. The van der Waals surface area contributed by atoms with E-state index in [1.165, 1.54) is 83.8 Å². The minimum absolute atomic E-state index is 0.384. The molecule has 0 radical (unpaired) electrons. The Hall–Kier alpha value is -1.75. The number of carbonyl (C=O) groups is 1. The molecule has 0 bridgehead atoms. The average molecular weight is 462 g/mol. The molecule has 1 aliphatic rings. The van der Waals surface area contributed by atoms with Crippen molar-refractivity contribution in [1.29, 1.82) is 0 Å². The van der Waals surface area contributed by atoms with Crippen molar-refractivity contribution in [3.63, 3.8) is 0 Å². The van der Waals surface area contributed by atoms with Crippen LogP contribution in [0.5, 0.6) is 5.75 Å². The molecule has 1 aromatic carbocycles. The Morgan fingerprint density at radius 3 is 2.24 bits per heavy atom. The minimum atomic E-state index is -0.384. The molecule has 0 aliphatic carbocycles. The van der Waals surface area contributed by atoms with Crippen molar-refractivity contribution in [2.75, 3.05) is 44.7 Å². The number of anilines is 1. The second-order valence-electron chi connectivity index (χ2n) is 9.73. The molecule has 33 heavy (non-hydrogen) atoms. The molecule has 188 valence electrons. The molecular formula is C28H49N2O3+. The number of para-hydroxylation sites is 2. The van der Waals surface area contributed by atoms with Gasteiger partial charge in [0.2, 0.25) is 0 Å². The van der Waals surface area contributed by atoms with E-state index in [2.05, 4.69) is 19.2 Å². The first-order valence-electron chi connectivity index (χ1n) is 13.7. The van der Waals surface area contributed by atoms with Crippen molar-refractivity contribution in [3.05, 3.63) is 24.3 Å². The number of hydrogen-bond acceptors (Lipinski definition) is 3. The molecule has 0 saturated carbocycles. The van der Waals surface area contributed by atoms with Crippen molar-refractivity contribution in [2.24, 2.45) is 0 Å². The highest BCUT2D eigenvalue weighted by molar-refractivity contribution is 5.86. The maximum atomic E-state index is 12.5. The SMILES string of the molecule is CCCCCCCCC[N+]1(CCOC(=O)Nc2ccccc2OCCCCC)CCCCC1. The number of nitrogens with zero attached hydrogens (tertiary/aromatic N) is 1. The highest BCUT2D eigenvalue weighted by Gasteiger charge is 2.29. The molecule has 1 aromatic rings. The van der Waals surface area contributed by atoms with Gasteiger partial charge >= 0.3 is 6.09 Å². The predicted molar refractivity (Wildman–Crippen MR) is 138 cm³/mol. The number of hydrogen-bond donors (Lipinski definition) is 1. The Bertz CT molecular complexity index is 644. The van der Waals surface area contributed by atoms with E-state index < -0.39 is 0 Å². The Labute approximate surface area is 202 Å². The lowest BCUT2D eigenvalue weighted by Gasteiger charge is -2.41. The van der Waals surface area contributed by atoms with Crippen LogP contribution in [0.2, 0.25) is 0 Å². The Morgan fingerprint density at radius 2 is 1.48 bits per heavy atom. The van der Waals surface area contributed by atoms with Crippen LogP contribution in [0.3, 0.4) is 0 Å². The lowest BCUT2D eigenvalue weighted by molar-refractivity contribution is -0.932.